The number of aliphatic hydroxyl groups is 1. The fourth-order valence-corrected chi connectivity index (χ4v) is 4.67. The second-order valence-electron chi connectivity index (χ2n) is 8.70. The molecule has 0 aromatic heterocycles. The molecule has 0 bridgehead atoms. The van der Waals surface area contributed by atoms with Crippen molar-refractivity contribution in [2.75, 3.05) is 44.9 Å². The number of benzene rings is 2. The Hall–Kier alpha value is -3.68. The SMILES string of the molecule is CCCCN1C(=O)C(=O)/C(=C(\O)c2ccc3c(c2)N(C)CCO3)C1c1ccc2c(c1)OCCO2. The van der Waals surface area contributed by atoms with Crippen LogP contribution in [0.1, 0.15) is 36.9 Å². The molecule has 1 atom stereocenters. The first kappa shape index (κ1) is 22.1. The molecule has 0 saturated carbocycles. The van der Waals surface area contributed by atoms with Crippen molar-refractivity contribution < 1.29 is 28.9 Å². The van der Waals surface area contributed by atoms with E-state index in [4.69, 9.17) is 14.2 Å². The summed E-state index contributed by atoms with van der Waals surface area (Å²) >= 11 is 0. The number of hydrogen-bond donors (Lipinski definition) is 1. The number of likely N-dealkylation sites (N-methyl/N-ethyl adjacent to an activating group) is 1. The van der Waals surface area contributed by atoms with Gasteiger partial charge < -0.3 is 29.1 Å². The molecule has 1 amide bonds. The number of aliphatic hydroxyl groups excluding tert-OH is 1. The van der Waals surface area contributed by atoms with Crippen LogP contribution >= 0.6 is 0 Å². The molecule has 0 radical (unpaired) electrons. The number of amides is 1. The number of Topliss-reactive ketones (excluding diaryl/α,β-unsaturated/α-hetero) is 1. The lowest BCUT2D eigenvalue weighted by atomic mass is 9.94. The Kier molecular flexibility index (Phi) is 5.81. The lowest BCUT2D eigenvalue weighted by Crippen LogP contribution is -2.30. The van der Waals surface area contributed by atoms with Crippen molar-refractivity contribution >= 4 is 23.1 Å². The van der Waals surface area contributed by atoms with Crippen molar-refractivity contribution in [3.8, 4) is 17.2 Å². The third-order valence-electron chi connectivity index (χ3n) is 6.50. The van der Waals surface area contributed by atoms with Crippen molar-refractivity contribution in [2.24, 2.45) is 0 Å². The molecule has 1 fully saturated rings. The van der Waals surface area contributed by atoms with Gasteiger partial charge in [0.25, 0.3) is 11.7 Å². The van der Waals surface area contributed by atoms with Gasteiger partial charge in [-0.1, -0.05) is 19.4 Å². The van der Waals surface area contributed by atoms with Crippen LogP contribution in [-0.2, 0) is 9.59 Å². The number of hydrogen-bond acceptors (Lipinski definition) is 7. The predicted molar refractivity (Wildman–Crippen MR) is 127 cm³/mol. The predicted octanol–water partition coefficient (Wildman–Crippen LogP) is 3.51. The average molecular weight is 465 g/mol. The number of likely N-dealkylation sites (tertiary alicyclic amines) is 1. The second kappa shape index (κ2) is 8.93. The van der Waals surface area contributed by atoms with E-state index in [1.165, 1.54) is 0 Å². The number of fused-ring (bicyclic) bond motifs is 2. The smallest absolute Gasteiger partial charge is 0.295 e. The van der Waals surface area contributed by atoms with Crippen LogP contribution in [0.15, 0.2) is 42.0 Å². The largest absolute Gasteiger partial charge is 0.507 e. The zero-order chi connectivity index (χ0) is 23.8. The Morgan fingerprint density at radius 3 is 2.53 bits per heavy atom. The number of unbranched alkanes of at least 4 members (excludes halogenated alkanes) is 1. The number of nitrogens with zero attached hydrogens (tertiary/aromatic N) is 2. The number of rotatable bonds is 5. The van der Waals surface area contributed by atoms with Crippen LogP contribution in [0.25, 0.3) is 5.76 Å². The average Bonchev–Trinajstić information content (AvgIpc) is 3.11. The van der Waals surface area contributed by atoms with Crippen LogP contribution in [0.2, 0.25) is 0 Å². The first-order valence-corrected chi connectivity index (χ1v) is 11.7. The first-order valence-electron chi connectivity index (χ1n) is 11.7. The summed E-state index contributed by atoms with van der Waals surface area (Å²) in [4.78, 5) is 29.9. The van der Waals surface area contributed by atoms with E-state index in [0.29, 0.717) is 49.0 Å². The van der Waals surface area contributed by atoms with Gasteiger partial charge >= 0.3 is 0 Å². The maximum atomic E-state index is 13.2. The molecular formula is C26H28N2O6. The molecule has 3 heterocycles. The number of ether oxygens (including phenoxy) is 3. The topological polar surface area (TPSA) is 88.5 Å². The third-order valence-corrected chi connectivity index (χ3v) is 6.50. The lowest BCUT2D eigenvalue weighted by molar-refractivity contribution is -0.139. The number of anilines is 1. The van der Waals surface area contributed by atoms with Gasteiger partial charge in [0.2, 0.25) is 0 Å². The van der Waals surface area contributed by atoms with Crippen LogP contribution in [0, 0.1) is 0 Å². The molecule has 3 aliphatic heterocycles. The van der Waals surface area contributed by atoms with Crippen LogP contribution in [0.5, 0.6) is 17.2 Å². The van der Waals surface area contributed by atoms with Crippen molar-refractivity contribution in [1.29, 1.82) is 0 Å². The zero-order valence-electron chi connectivity index (χ0n) is 19.4. The van der Waals surface area contributed by atoms with Crippen molar-refractivity contribution in [1.82, 2.24) is 4.90 Å². The molecule has 0 spiro atoms. The maximum Gasteiger partial charge on any atom is 0.295 e. The van der Waals surface area contributed by atoms with Gasteiger partial charge in [-0.05, 0) is 42.3 Å². The van der Waals surface area contributed by atoms with Crippen molar-refractivity contribution in [3.63, 3.8) is 0 Å². The second-order valence-corrected chi connectivity index (χ2v) is 8.70. The van der Waals surface area contributed by atoms with Gasteiger partial charge in [0.15, 0.2) is 11.5 Å². The number of ketones is 1. The molecule has 2 aromatic carbocycles. The number of carbonyl (C=O) groups is 2. The Balaban J connectivity index is 1.63. The summed E-state index contributed by atoms with van der Waals surface area (Å²) in [6.07, 6.45) is 1.61. The molecule has 8 nitrogen and oxygen atoms in total. The fraction of sp³-hybridized carbons (Fsp3) is 0.385. The summed E-state index contributed by atoms with van der Waals surface area (Å²) in [5.41, 5.74) is 2.06. The van der Waals surface area contributed by atoms with Gasteiger partial charge in [-0.25, -0.2) is 0 Å². The van der Waals surface area contributed by atoms with Crippen LogP contribution in [0.3, 0.4) is 0 Å². The molecule has 0 aliphatic carbocycles. The Morgan fingerprint density at radius 1 is 1.00 bits per heavy atom. The Bertz CT molecular complexity index is 1170. The maximum absolute atomic E-state index is 13.2. The van der Waals surface area contributed by atoms with E-state index in [0.717, 1.165) is 30.8 Å². The van der Waals surface area contributed by atoms with Gasteiger partial charge in [0, 0.05) is 19.2 Å². The summed E-state index contributed by atoms with van der Waals surface area (Å²) in [6.45, 7) is 4.64. The summed E-state index contributed by atoms with van der Waals surface area (Å²) < 4.78 is 17.1. The molecule has 3 aliphatic rings. The fourth-order valence-electron chi connectivity index (χ4n) is 4.67. The normalized spacial score (nSPS) is 20.8. The molecule has 178 valence electrons. The van der Waals surface area contributed by atoms with Crippen LogP contribution < -0.4 is 19.1 Å². The molecular weight excluding hydrogens is 436 g/mol. The minimum atomic E-state index is -0.715. The van der Waals surface area contributed by atoms with Gasteiger partial charge in [0.1, 0.15) is 31.3 Å². The van der Waals surface area contributed by atoms with E-state index >= 15 is 0 Å². The number of carbonyl (C=O) groups excluding carboxylic acids is 2. The molecule has 34 heavy (non-hydrogen) atoms. The van der Waals surface area contributed by atoms with Gasteiger partial charge in [-0.3, -0.25) is 9.59 Å². The summed E-state index contributed by atoms with van der Waals surface area (Å²) in [5, 5.41) is 11.4. The third kappa shape index (κ3) is 3.73. The highest BCUT2D eigenvalue weighted by Crippen LogP contribution is 2.43. The molecule has 8 heteroatoms. The molecule has 1 N–H and O–H groups in total. The molecule has 1 unspecified atom stereocenters. The lowest BCUT2D eigenvalue weighted by Gasteiger charge is -2.28. The summed E-state index contributed by atoms with van der Waals surface area (Å²) in [6, 6.07) is 9.99. The summed E-state index contributed by atoms with van der Waals surface area (Å²) in [5.74, 6) is 0.427. The van der Waals surface area contributed by atoms with Crippen LogP contribution in [-0.4, -0.2) is 61.7 Å². The van der Waals surface area contributed by atoms with E-state index in [-0.39, 0.29) is 11.3 Å². The minimum Gasteiger partial charge on any atom is -0.507 e. The van der Waals surface area contributed by atoms with E-state index in [9.17, 15) is 14.7 Å². The highest BCUT2D eigenvalue weighted by atomic mass is 16.6. The summed E-state index contributed by atoms with van der Waals surface area (Å²) in [7, 11) is 1.95. The molecule has 1 saturated heterocycles. The van der Waals surface area contributed by atoms with Gasteiger partial charge in [-0.2, -0.15) is 0 Å². The first-order chi connectivity index (χ1) is 16.5. The highest BCUT2D eigenvalue weighted by molar-refractivity contribution is 6.46. The Morgan fingerprint density at radius 2 is 1.74 bits per heavy atom. The van der Waals surface area contributed by atoms with E-state index < -0.39 is 17.7 Å². The standard InChI is InChI=1S/C26H28N2O6/c1-3-4-9-28-23(16-5-8-20-21(15-16)34-13-12-33-20)22(25(30)26(28)31)24(29)17-6-7-19-18(14-17)27(2)10-11-32-19/h5-8,14-15,23,29H,3-4,9-13H2,1-2H3/b24-22-. The highest BCUT2D eigenvalue weighted by Gasteiger charge is 2.46. The quantitative estimate of drug-likeness (QED) is 0.412. The minimum absolute atomic E-state index is 0.0807. The Labute approximate surface area is 198 Å². The van der Waals surface area contributed by atoms with E-state index in [2.05, 4.69) is 0 Å². The van der Waals surface area contributed by atoms with Crippen LogP contribution in [0.4, 0.5) is 5.69 Å². The van der Waals surface area contributed by atoms with E-state index in [1.54, 1.807) is 35.2 Å². The van der Waals surface area contributed by atoms with Gasteiger partial charge in [0.05, 0.1) is 23.8 Å². The molecule has 5 rings (SSSR count). The van der Waals surface area contributed by atoms with Gasteiger partial charge in [-0.15, -0.1) is 0 Å². The van der Waals surface area contributed by atoms with Crippen molar-refractivity contribution in [2.45, 2.75) is 25.8 Å². The van der Waals surface area contributed by atoms with Crippen molar-refractivity contribution in [3.05, 3.63) is 53.1 Å². The van der Waals surface area contributed by atoms with E-state index in [1.807, 2.05) is 24.9 Å². The monoisotopic (exact) mass is 464 g/mol. The molecule has 2 aromatic rings. The zero-order valence-corrected chi connectivity index (χ0v) is 19.4.